The van der Waals surface area contributed by atoms with Gasteiger partial charge in [-0.1, -0.05) is 23.7 Å². The lowest BCUT2D eigenvalue weighted by molar-refractivity contribution is -0.123. The quantitative estimate of drug-likeness (QED) is 0.877. The topological polar surface area (TPSA) is 58.2 Å². The third-order valence-corrected chi connectivity index (χ3v) is 4.22. The Morgan fingerprint density at radius 1 is 1.30 bits per heavy atom. The predicted octanol–water partition coefficient (Wildman–Crippen LogP) is 3.85. The monoisotopic (exact) mass is 332 g/mol. The smallest absolute Gasteiger partial charge is 0.232 e. The number of anilines is 2. The standard InChI is InChI=1S/C17H14ClFN2O2/c1-9-2-4-11(7-14(9)18)20-17(23)13-8-16(22)21-15-6-10(19)3-5-12(13)15/h2-7,13H,8H2,1H3,(H,20,23)(H,21,22). The third kappa shape index (κ3) is 3.19. The van der Waals surface area contributed by atoms with Crippen molar-refractivity contribution in [3.8, 4) is 0 Å². The zero-order valence-electron chi connectivity index (χ0n) is 12.3. The van der Waals surface area contributed by atoms with Crippen LogP contribution in [0.5, 0.6) is 0 Å². The Labute approximate surface area is 137 Å². The molecule has 1 atom stereocenters. The van der Waals surface area contributed by atoms with Gasteiger partial charge in [-0.25, -0.2) is 4.39 Å². The highest BCUT2D eigenvalue weighted by molar-refractivity contribution is 6.31. The Hall–Kier alpha value is -2.40. The summed E-state index contributed by atoms with van der Waals surface area (Å²) in [5.41, 5.74) is 2.40. The fraction of sp³-hybridized carbons (Fsp3) is 0.176. The van der Waals surface area contributed by atoms with Crippen molar-refractivity contribution < 1.29 is 14.0 Å². The van der Waals surface area contributed by atoms with Crippen LogP contribution < -0.4 is 10.6 Å². The predicted molar refractivity (Wildman–Crippen MR) is 87.2 cm³/mol. The second kappa shape index (κ2) is 6.01. The highest BCUT2D eigenvalue weighted by atomic mass is 35.5. The maximum atomic E-state index is 13.3. The molecule has 4 nitrogen and oxygen atoms in total. The summed E-state index contributed by atoms with van der Waals surface area (Å²) in [4.78, 5) is 24.3. The van der Waals surface area contributed by atoms with Crippen LogP contribution in [-0.2, 0) is 9.59 Å². The average molecular weight is 333 g/mol. The van der Waals surface area contributed by atoms with Gasteiger partial charge >= 0.3 is 0 Å². The maximum absolute atomic E-state index is 13.3. The van der Waals surface area contributed by atoms with Gasteiger partial charge in [0, 0.05) is 22.8 Å². The molecule has 118 valence electrons. The second-order valence-electron chi connectivity index (χ2n) is 5.49. The number of hydrogen-bond donors (Lipinski definition) is 2. The van der Waals surface area contributed by atoms with Crippen molar-refractivity contribution in [3.63, 3.8) is 0 Å². The van der Waals surface area contributed by atoms with Gasteiger partial charge in [0.1, 0.15) is 5.82 Å². The molecule has 1 heterocycles. The molecule has 0 spiro atoms. The lowest BCUT2D eigenvalue weighted by atomic mass is 9.89. The molecule has 0 aromatic heterocycles. The van der Waals surface area contributed by atoms with Gasteiger partial charge in [0.2, 0.25) is 11.8 Å². The fourth-order valence-corrected chi connectivity index (χ4v) is 2.75. The summed E-state index contributed by atoms with van der Waals surface area (Å²) in [5.74, 6) is -1.77. The van der Waals surface area contributed by atoms with E-state index in [2.05, 4.69) is 10.6 Å². The molecule has 0 radical (unpaired) electrons. The summed E-state index contributed by atoms with van der Waals surface area (Å²) < 4.78 is 13.3. The Balaban J connectivity index is 1.87. The van der Waals surface area contributed by atoms with E-state index in [0.29, 0.717) is 22.0 Å². The maximum Gasteiger partial charge on any atom is 0.232 e. The lowest BCUT2D eigenvalue weighted by Crippen LogP contribution is -2.30. The number of benzene rings is 2. The van der Waals surface area contributed by atoms with E-state index in [1.807, 2.05) is 6.92 Å². The Morgan fingerprint density at radius 2 is 2.09 bits per heavy atom. The van der Waals surface area contributed by atoms with Crippen molar-refractivity contribution in [1.29, 1.82) is 0 Å². The molecule has 2 aromatic rings. The van der Waals surface area contributed by atoms with E-state index >= 15 is 0 Å². The van der Waals surface area contributed by atoms with Crippen LogP contribution in [0.4, 0.5) is 15.8 Å². The molecular weight excluding hydrogens is 319 g/mol. The van der Waals surface area contributed by atoms with Crippen LogP contribution >= 0.6 is 11.6 Å². The molecule has 1 aliphatic rings. The number of amides is 2. The second-order valence-corrected chi connectivity index (χ2v) is 5.90. The van der Waals surface area contributed by atoms with Gasteiger partial charge < -0.3 is 10.6 Å². The molecule has 1 unspecified atom stereocenters. The number of rotatable bonds is 2. The number of carbonyl (C=O) groups excluding carboxylic acids is 2. The molecule has 6 heteroatoms. The number of fused-ring (bicyclic) bond motifs is 1. The minimum Gasteiger partial charge on any atom is -0.326 e. The minimum absolute atomic E-state index is 0.0179. The lowest BCUT2D eigenvalue weighted by Gasteiger charge is -2.25. The summed E-state index contributed by atoms with van der Waals surface area (Å²) >= 11 is 6.05. The van der Waals surface area contributed by atoms with Crippen molar-refractivity contribution in [3.05, 3.63) is 58.4 Å². The number of halogens is 2. The van der Waals surface area contributed by atoms with Gasteiger partial charge in [-0.2, -0.15) is 0 Å². The zero-order valence-corrected chi connectivity index (χ0v) is 13.1. The van der Waals surface area contributed by atoms with E-state index in [4.69, 9.17) is 11.6 Å². The van der Waals surface area contributed by atoms with Crippen LogP contribution in [0.15, 0.2) is 36.4 Å². The van der Waals surface area contributed by atoms with Crippen LogP contribution in [0.1, 0.15) is 23.5 Å². The Kier molecular flexibility index (Phi) is 4.05. The molecule has 0 saturated carbocycles. The first-order valence-electron chi connectivity index (χ1n) is 7.10. The van der Waals surface area contributed by atoms with Gasteiger partial charge in [-0.3, -0.25) is 9.59 Å². The summed E-state index contributed by atoms with van der Waals surface area (Å²) in [6.07, 6.45) is 0.0179. The molecule has 2 amide bonds. The van der Waals surface area contributed by atoms with Gasteiger partial charge in [0.05, 0.1) is 5.92 Å². The normalized spacial score (nSPS) is 16.5. The van der Waals surface area contributed by atoms with E-state index in [1.165, 1.54) is 18.2 Å². The molecule has 0 aliphatic carbocycles. The average Bonchev–Trinajstić information content (AvgIpc) is 2.49. The molecule has 1 aliphatic heterocycles. The number of nitrogens with one attached hydrogen (secondary N) is 2. The zero-order chi connectivity index (χ0) is 16.6. The molecule has 2 aromatic carbocycles. The van der Waals surface area contributed by atoms with E-state index in [1.54, 1.807) is 18.2 Å². The Bertz CT molecular complexity index is 807. The molecule has 23 heavy (non-hydrogen) atoms. The highest BCUT2D eigenvalue weighted by Crippen LogP contribution is 2.33. The number of carbonyl (C=O) groups is 2. The van der Waals surface area contributed by atoms with Crippen LogP contribution in [0.2, 0.25) is 5.02 Å². The van der Waals surface area contributed by atoms with Crippen molar-refractivity contribution in [2.45, 2.75) is 19.3 Å². The van der Waals surface area contributed by atoms with Crippen LogP contribution in [-0.4, -0.2) is 11.8 Å². The third-order valence-electron chi connectivity index (χ3n) is 3.81. The molecule has 2 N–H and O–H groups in total. The van der Waals surface area contributed by atoms with Gasteiger partial charge in [-0.15, -0.1) is 0 Å². The fourth-order valence-electron chi connectivity index (χ4n) is 2.57. The van der Waals surface area contributed by atoms with Crippen molar-refractivity contribution in [2.75, 3.05) is 10.6 Å². The van der Waals surface area contributed by atoms with E-state index in [9.17, 15) is 14.0 Å². The first kappa shape index (κ1) is 15.5. The van der Waals surface area contributed by atoms with Crippen molar-refractivity contribution in [2.24, 2.45) is 0 Å². The SMILES string of the molecule is Cc1ccc(NC(=O)C2CC(=O)Nc3cc(F)ccc32)cc1Cl. The van der Waals surface area contributed by atoms with Gasteiger partial charge in [0.15, 0.2) is 0 Å². The van der Waals surface area contributed by atoms with Crippen LogP contribution in [0.3, 0.4) is 0 Å². The summed E-state index contributed by atoms with van der Waals surface area (Å²) in [6, 6.07) is 9.22. The first-order chi connectivity index (χ1) is 10.9. The summed E-state index contributed by atoms with van der Waals surface area (Å²) in [6.45, 7) is 1.87. The minimum atomic E-state index is -0.667. The largest absolute Gasteiger partial charge is 0.326 e. The molecule has 0 saturated heterocycles. The van der Waals surface area contributed by atoms with Crippen molar-refractivity contribution in [1.82, 2.24) is 0 Å². The Morgan fingerprint density at radius 3 is 2.83 bits per heavy atom. The highest BCUT2D eigenvalue weighted by Gasteiger charge is 2.31. The van der Waals surface area contributed by atoms with Gasteiger partial charge in [-0.05, 0) is 42.3 Å². The molecule has 3 rings (SSSR count). The number of aryl methyl sites for hydroxylation is 1. The first-order valence-corrected chi connectivity index (χ1v) is 7.48. The van der Waals surface area contributed by atoms with E-state index in [0.717, 1.165) is 5.56 Å². The van der Waals surface area contributed by atoms with E-state index < -0.39 is 11.7 Å². The molecule has 0 fully saturated rings. The van der Waals surface area contributed by atoms with Crippen LogP contribution in [0, 0.1) is 12.7 Å². The molecular formula is C17H14ClFN2O2. The van der Waals surface area contributed by atoms with E-state index in [-0.39, 0.29) is 18.2 Å². The summed E-state index contributed by atoms with van der Waals surface area (Å²) in [7, 11) is 0. The molecule has 0 bridgehead atoms. The van der Waals surface area contributed by atoms with Gasteiger partial charge in [0.25, 0.3) is 0 Å². The number of hydrogen-bond acceptors (Lipinski definition) is 2. The van der Waals surface area contributed by atoms with Crippen molar-refractivity contribution >= 4 is 34.8 Å². The summed E-state index contributed by atoms with van der Waals surface area (Å²) in [5, 5.41) is 5.89. The van der Waals surface area contributed by atoms with Crippen LogP contribution in [0.25, 0.3) is 0 Å².